The molecule has 0 aliphatic rings. The molecule has 0 aliphatic heterocycles. The van der Waals surface area contributed by atoms with Crippen LogP contribution in [0.15, 0.2) is 28.7 Å². The summed E-state index contributed by atoms with van der Waals surface area (Å²) < 4.78 is 5.63. The van der Waals surface area contributed by atoms with Crippen molar-refractivity contribution in [3.63, 3.8) is 0 Å². The molecular weight excluding hydrogens is 312 g/mol. The monoisotopic (exact) mass is 320 g/mol. The average Bonchev–Trinajstić information content (AvgIpc) is 2.16. The minimum Gasteiger partial charge on any atom is -0.468 e. The lowest BCUT2D eigenvalue weighted by Crippen LogP contribution is -2.17. The number of carbonyl (C=O) groups excluding carboxylic acids is 1. The summed E-state index contributed by atoms with van der Waals surface area (Å²) in [4.78, 5) is 10.8. The summed E-state index contributed by atoms with van der Waals surface area (Å²) in [6.07, 6.45) is 0.631. The molecule has 0 saturated carbocycles. The smallest absolute Gasteiger partial charge is 0.319 e. The van der Waals surface area contributed by atoms with Gasteiger partial charge in [-0.05, 0) is 24.1 Å². The molecule has 1 atom stereocenters. The number of methoxy groups -OCH3 is 1. The Hall–Kier alpha value is -0.350. The molecule has 2 nitrogen and oxygen atoms in total. The molecule has 0 saturated heterocycles. The van der Waals surface area contributed by atoms with Gasteiger partial charge >= 0.3 is 5.97 Å². The van der Waals surface area contributed by atoms with Crippen LogP contribution in [0, 0.1) is 0 Å². The van der Waals surface area contributed by atoms with Crippen LogP contribution in [-0.4, -0.2) is 17.9 Å². The van der Waals surface area contributed by atoms with Crippen LogP contribution >= 0.6 is 31.9 Å². The highest BCUT2D eigenvalue weighted by molar-refractivity contribution is 9.10. The Labute approximate surface area is 99.9 Å². The molecule has 76 valence electrons. The van der Waals surface area contributed by atoms with Gasteiger partial charge in [0.25, 0.3) is 0 Å². The first-order valence-corrected chi connectivity index (χ1v) is 5.80. The highest BCUT2D eigenvalue weighted by Crippen LogP contribution is 2.16. The van der Waals surface area contributed by atoms with Crippen LogP contribution in [0.2, 0.25) is 0 Å². The molecule has 0 aliphatic carbocycles. The molecule has 4 heteroatoms. The van der Waals surface area contributed by atoms with E-state index in [0.717, 1.165) is 10.0 Å². The predicted molar refractivity (Wildman–Crippen MR) is 62.6 cm³/mol. The predicted octanol–water partition coefficient (Wildman–Crippen LogP) is 2.93. The molecule has 0 amide bonds. The van der Waals surface area contributed by atoms with Gasteiger partial charge in [0.1, 0.15) is 4.83 Å². The van der Waals surface area contributed by atoms with Crippen molar-refractivity contribution in [1.29, 1.82) is 0 Å². The number of ether oxygens (including phenoxy) is 1. The number of hydrogen-bond acceptors (Lipinski definition) is 2. The zero-order valence-corrected chi connectivity index (χ0v) is 10.8. The van der Waals surface area contributed by atoms with Crippen molar-refractivity contribution in [3.05, 3.63) is 34.3 Å². The largest absolute Gasteiger partial charge is 0.468 e. The van der Waals surface area contributed by atoms with Crippen LogP contribution in [0.3, 0.4) is 0 Å². The number of rotatable bonds is 3. The topological polar surface area (TPSA) is 26.3 Å². The standard InChI is InChI=1S/C10H10Br2O2/c1-14-10(13)9(12)6-7-3-2-4-8(11)5-7/h2-5,9H,6H2,1H3. The van der Waals surface area contributed by atoms with Crippen molar-refractivity contribution in [2.45, 2.75) is 11.2 Å². The Bertz CT molecular complexity index is 326. The summed E-state index contributed by atoms with van der Waals surface area (Å²) in [5.41, 5.74) is 1.09. The summed E-state index contributed by atoms with van der Waals surface area (Å²) in [7, 11) is 1.39. The van der Waals surface area contributed by atoms with E-state index in [9.17, 15) is 4.79 Å². The number of halogens is 2. The second kappa shape index (κ2) is 5.51. The Morgan fingerprint density at radius 1 is 1.57 bits per heavy atom. The third-order valence-electron chi connectivity index (χ3n) is 1.76. The molecule has 0 heterocycles. The van der Waals surface area contributed by atoms with Crippen molar-refractivity contribution in [2.24, 2.45) is 0 Å². The fourth-order valence-electron chi connectivity index (χ4n) is 1.08. The van der Waals surface area contributed by atoms with E-state index in [1.165, 1.54) is 7.11 Å². The van der Waals surface area contributed by atoms with Crippen molar-refractivity contribution >= 4 is 37.8 Å². The SMILES string of the molecule is COC(=O)C(Br)Cc1cccc(Br)c1. The number of carbonyl (C=O) groups is 1. The summed E-state index contributed by atoms with van der Waals surface area (Å²) in [5.74, 6) is -0.245. The number of hydrogen-bond donors (Lipinski definition) is 0. The zero-order valence-electron chi connectivity index (χ0n) is 7.67. The number of benzene rings is 1. The van der Waals surface area contributed by atoms with Crippen LogP contribution in [0.5, 0.6) is 0 Å². The molecule has 1 unspecified atom stereocenters. The van der Waals surface area contributed by atoms with Crippen molar-refractivity contribution in [2.75, 3.05) is 7.11 Å². The van der Waals surface area contributed by atoms with Gasteiger partial charge in [0.15, 0.2) is 0 Å². The Balaban J connectivity index is 2.64. The fraction of sp³-hybridized carbons (Fsp3) is 0.300. The third-order valence-corrected chi connectivity index (χ3v) is 2.95. The molecule has 0 aromatic heterocycles. The van der Waals surface area contributed by atoms with Crippen LogP contribution in [0.25, 0.3) is 0 Å². The van der Waals surface area contributed by atoms with E-state index in [2.05, 4.69) is 36.6 Å². The van der Waals surface area contributed by atoms with Crippen molar-refractivity contribution < 1.29 is 9.53 Å². The Morgan fingerprint density at radius 3 is 2.86 bits per heavy atom. The van der Waals surface area contributed by atoms with Crippen LogP contribution in [0.4, 0.5) is 0 Å². The van der Waals surface area contributed by atoms with E-state index < -0.39 is 0 Å². The quantitative estimate of drug-likeness (QED) is 0.632. The molecule has 1 aromatic carbocycles. The van der Waals surface area contributed by atoms with Gasteiger partial charge in [0.2, 0.25) is 0 Å². The maximum absolute atomic E-state index is 11.1. The number of alkyl halides is 1. The van der Waals surface area contributed by atoms with Gasteiger partial charge in [-0.15, -0.1) is 0 Å². The van der Waals surface area contributed by atoms with Crippen LogP contribution in [-0.2, 0) is 16.0 Å². The molecular formula is C10H10Br2O2. The van der Waals surface area contributed by atoms with E-state index in [-0.39, 0.29) is 10.8 Å². The van der Waals surface area contributed by atoms with E-state index in [4.69, 9.17) is 0 Å². The minimum absolute atomic E-state index is 0.245. The second-order valence-corrected chi connectivity index (χ2v) is 4.85. The fourth-order valence-corrected chi connectivity index (χ4v) is 2.09. The lowest BCUT2D eigenvalue weighted by Gasteiger charge is -2.07. The molecule has 1 aromatic rings. The second-order valence-electron chi connectivity index (χ2n) is 2.82. The molecule has 0 radical (unpaired) electrons. The lowest BCUT2D eigenvalue weighted by molar-refractivity contribution is -0.139. The lowest BCUT2D eigenvalue weighted by atomic mass is 10.1. The maximum Gasteiger partial charge on any atom is 0.319 e. The van der Waals surface area contributed by atoms with Gasteiger partial charge in [-0.1, -0.05) is 44.0 Å². The van der Waals surface area contributed by atoms with E-state index >= 15 is 0 Å². The van der Waals surface area contributed by atoms with E-state index in [1.807, 2.05) is 24.3 Å². The maximum atomic E-state index is 11.1. The van der Waals surface area contributed by atoms with Gasteiger partial charge in [-0.3, -0.25) is 4.79 Å². The molecule has 14 heavy (non-hydrogen) atoms. The van der Waals surface area contributed by atoms with Gasteiger partial charge in [0.05, 0.1) is 7.11 Å². The van der Waals surface area contributed by atoms with Crippen LogP contribution < -0.4 is 0 Å². The summed E-state index contributed by atoms with van der Waals surface area (Å²) in [5, 5.41) is 0. The zero-order chi connectivity index (χ0) is 10.6. The summed E-state index contributed by atoms with van der Waals surface area (Å²) in [6.45, 7) is 0. The first kappa shape index (κ1) is 11.7. The molecule has 0 bridgehead atoms. The average molecular weight is 322 g/mol. The van der Waals surface area contributed by atoms with Crippen molar-refractivity contribution in [3.8, 4) is 0 Å². The molecule has 0 spiro atoms. The molecule has 1 rings (SSSR count). The minimum atomic E-state index is -0.276. The van der Waals surface area contributed by atoms with Crippen molar-refractivity contribution in [1.82, 2.24) is 0 Å². The highest BCUT2D eigenvalue weighted by atomic mass is 79.9. The van der Waals surface area contributed by atoms with Crippen LogP contribution in [0.1, 0.15) is 5.56 Å². The summed E-state index contributed by atoms with van der Waals surface area (Å²) >= 11 is 6.65. The third kappa shape index (κ3) is 3.42. The Kier molecular flexibility index (Phi) is 4.62. The van der Waals surface area contributed by atoms with Gasteiger partial charge in [-0.2, -0.15) is 0 Å². The van der Waals surface area contributed by atoms with E-state index in [0.29, 0.717) is 6.42 Å². The molecule has 0 fully saturated rings. The normalized spacial score (nSPS) is 12.2. The summed E-state index contributed by atoms with van der Waals surface area (Å²) in [6, 6.07) is 7.85. The molecule has 0 N–H and O–H groups in total. The van der Waals surface area contributed by atoms with Gasteiger partial charge in [-0.25, -0.2) is 0 Å². The number of esters is 1. The first-order valence-electron chi connectivity index (χ1n) is 4.10. The van der Waals surface area contributed by atoms with Gasteiger partial charge < -0.3 is 4.74 Å². The highest BCUT2D eigenvalue weighted by Gasteiger charge is 2.15. The van der Waals surface area contributed by atoms with E-state index in [1.54, 1.807) is 0 Å². The Morgan fingerprint density at radius 2 is 2.29 bits per heavy atom. The van der Waals surface area contributed by atoms with Gasteiger partial charge in [0, 0.05) is 4.47 Å². The first-order chi connectivity index (χ1) is 6.63.